The first-order valence-corrected chi connectivity index (χ1v) is 9.21. The van der Waals surface area contributed by atoms with Gasteiger partial charge in [0.15, 0.2) is 5.15 Å². The highest BCUT2D eigenvalue weighted by atomic mass is 35.5. The normalized spacial score (nSPS) is 11.3. The Labute approximate surface area is 167 Å². The van der Waals surface area contributed by atoms with Gasteiger partial charge >= 0.3 is 0 Å². The molecule has 4 aromatic rings. The number of rotatable bonds is 6. The van der Waals surface area contributed by atoms with Gasteiger partial charge in [0, 0.05) is 31.2 Å². The number of hydrogen-bond acceptors (Lipinski definition) is 3. The zero-order valence-corrected chi connectivity index (χ0v) is 15.8. The van der Waals surface area contributed by atoms with Crippen LogP contribution in [-0.2, 0) is 17.9 Å². The second-order valence-corrected chi connectivity index (χ2v) is 6.60. The van der Waals surface area contributed by atoms with Crippen molar-refractivity contribution in [3.05, 3.63) is 95.2 Å². The van der Waals surface area contributed by atoms with Crippen molar-refractivity contribution in [3.63, 3.8) is 0 Å². The summed E-state index contributed by atoms with van der Waals surface area (Å²) in [5.74, 6) is -0.198. The van der Waals surface area contributed by atoms with E-state index in [-0.39, 0.29) is 5.91 Å². The minimum absolute atomic E-state index is 0.198. The monoisotopic (exact) mass is 391 g/mol. The average molecular weight is 392 g/mol. The van der Waals surface area contributed by atoms with Crippen LogP contribution in [0.25, 0.3) is 11.7 Å². The number of imidazole rings is 1. The summed E-state index contributed by atoms with van der Waals surface area (Å²) < 4.78 is 3.69. The highest BCUT2D eigenvalue weighted by Gasteiger charge is 2.08. The minimum Gasteiger partial charge on any atom is -0.348 e. The van der Waals surface area contributed by atoms with E-state index in [0.29, 0.717) is 23.9 Å². The van der Waals surface area contributed by atoms with E-state index in [9.17, 15) is 4.79 Å². The highest BCUT2D eigenvalue weighted by Crippen LogP contribution is 2.18. The fourth-order valence-electron chi connectivity index (χ4n) is 2.98. The Bertz CT molecular complexity index is 1130. The molecule has 1 N–H and O–H groups in total. The lowest BCUT2D eigenvalue weighted by Crippen LogP contribution is -2.21. The summed E-state index contributed by atoms with van der Waals surface area (Å²) in [5, 5.41) is 7.52. The quantitative estimate of drug-likeness (QED) is 0.511. The van der Waals surface area contributed by atoms with Gasteiger partial charge < -0.3 is 5.32 Å². The molecule has 28 heavy (non-hydrogen) atoms. The molecule has 0 saturated heterocycles. The van der Waals surface area contributed by atoms with E-state index in [1.54, 1.807) is 12.3 Å². The summed E-state index contributed by atoms with van der Waals surface area (Å²) in [5.41, 5.74) is 3.57. The Morgan fingerprint density at radius 1 is 1.07 bits per heavy atom. The number of halogens is 1. The molecule has 3 heterocycles. The van der Waals surface area contributed by atoms with Gasteiger partial charge in [0.1, 0.15) is 5.65 Å². The molecule has 3 aromatic heterocycles. The lowest BCUT2D eigenvalue weighted by atomic mass is 10.1. The molecule has 0 saturated carbocycles. The van der Waals surface area contributed by atoms with E-state index in [0.717, 1.165) is 16.8 Å². The van der Waals surface area contributed by atoms with Gasteiger partial charge in [0.05, 0.1) is 12.2 Å². The van der Waals surface area contributed by atoms with Crippen molar-refractivity contribution in [3.8, 4) is 0 Å². The summed E-state index contributed by atoms with van der Waals surface area (Å²) in [4.78, 5) is 16.6. The predicted molar refractivity (Wildman–Crippen MR) is 109 cm³/mol. The van der Waals surface area contributed by atoms with Crippen LogP contribution in [0.1, 0.15) is 16.8 Å². The van der Waals surface area contributed by atoms with Crippen LogP contribution in [0.4, 0.5) is 0 Å². The number of nitrogens with zero attached hydrogens (tertiary/aromatic N) is 4. The first kappa shape index (κ1) is 18.0. The van der Waals surface area contributed by atoms with E-state index in [2.05, 4.69) is 15.4 Å². The van der Waals surface area contributed by atoms with E-state index in [1.165, 1.54) is 6.08 Å². The molecule has 0 bridgehead atoms. The molecular weight excluding hydrogens is 374 g/mol. The SMILES string of the molecule is O=C(/C=C/c1c(Cl)nc2ccccn12)NCc1ccccc1Cn1cccn1. The Morgan fingerprint density at radius 2 is 1.89 bits per heavy atom. The van der Waals surface area contributed by atoms with Crippen LogP contribution in [0.15, 0.2) is 73.2 Å². The van der Waals surface area contributed by atoms with Crippen molar-refractivity contribution in [1.82, 2.24) is 24.5 Å². The van der Waals surface area contributed by atoms with Gasteiger partial charge in [-0.2, -0.15) is 5.10 Å². The second-order valence-electron chi connectivity index (χ2n) is 6.24. The van der Waals surface area contributed by atoms with Crippen LogP contribution >= 0.6 is 11.6 Å². The van der Waals surface area contributed by atoms with E-state index >= 15 is 0 Å². The summed E-state index contributed by atoms with van der Waals surface area (Å²) in [7, 11) is 0. The molecule has 0 fully saturated rings. The van der Waals surface area contributed by atoms with Gasteiger partial charge in [0.25, 0.3) is 0 Å². The number of benzene rings is 1. The molecule has 1 aromatic carbocycles. The van der Waals surface area contributed by atoms with Gasteiger partial charge in [-0.05, 0) is 35.4 Å². The Hall–Kier alpha value is -3.38. The summed E-state index contributed by atoms with van der Waals surface area (Å²) in [6, 6.07) is 15.5. The summed E-state index contributed by atoms with van der Waals surface area (Å²) in [6.45, 7) is 1.09. The molecule has 0 aliphatic rings. The maximum atomic E-state index is 12.3. The molecule has 1 amide bonds. The number of carbonyl (C=O) groups excluding carboxylic acids is 1. The topological polar surface area (TPSA) is 64.2 Å². The third kappa shape index (κ3) is 3.97. The molecule has 4 rings (SSSR count). The van der Waals surface area contributed by atoms with E-state index in [4.69, 9.17) is 11.6 Å². The third-order valence-electron chi connectivity index (χ3n) is 4.38. The third-order valence-corrected chi connectivity index (χ3v) is 4.66. The first-order chi connectivity index (χ1) is 13.7. The number of nitrogens with one attached hydrogen (secondary N) is 1. The molecule has 0 aliphatic carbocycles. The van der Waals surface area contributed by atoms with Crippen molar-refractivity contribution in [2.24, 2.45) is 0 Å². The molecular formula is C21H18ClN5O. The maximum Gasteiger partial charge on any atom is 0.244 e. The molecule has 0 aliphatic heterocycles. The molecule has 140 valence electrons. The smallest absolute Gasteiger partial charge is 0.244 e. The molecule has 0 unspecified atom stereocenters. The fraction of sp³-hybridized carbons (Fsp3) is 0.0952. The van der Waals surface area contributed by atoms with Crippen LogP contribution in [0.2, 0.25) is 5.15 Å². The van der Waals surface area contributed by atoms with Crippen molar-refractivity contribution in [2.45, 2.75) is 13.1 Å². The van der Waals surface area contributed by atoms with Crippen molar-refractivity contribution in [2.75, 3.05) is 0 Å². The largest absolute Gasteiger partial charge is 0.348 e. The van der Waals surface area contributed by atoms with Crippen molar-refractivity contribution >= 4 is 29.2 Å². The molecule has 7 heteroatoms. The van der Waals surface area contributed by atoms with Gasteiger partial charge in [-0.25, -0.2) is 4.98 Å². The highest BCUT2D eigenvalue weighted by molar-refractivity contribution is 6.31. The molecule has 0 spiro atoms. The zero-order valence-electron chi connectivity index (χ0n) is 15.0. The van der Waals surface area contributed by atoms with Gasteiger partial charge in [-0.3, -0.25) is 13.9 Å². The van der Waals surface area contributed by atoms with Gasteiger partial charge in [-0.1, -0.05) is 41.9 Å². The van der Waals surface area contributed by atoms with Crippen LogP contribution in [0.5, 0.6) is 0 Å². The molecule has 6 nitrogen and oxygen atoms in total. The maximum absolute atomic E-state index is 12.3. The Morgan fingerprint density at radius 3 is 2.71 bits per heavy atom. The lowest BCUT2D eigenvalue weighted by molar-refractivity contribution is -0.116. The number of carbonyl (C=O) groups is 1. The number of hydrogen-bond donors (Lipinski definition) is 1. The van der Waals surface area contributed by atoms with Crippen LogP contribution in [0, 0.1) is 0 Å². The standard InChI is InChI=1S/C21H18ClN5O/c22-21-18(27-13-4-3-8-19(27)25-21)9-10-20(28)23-14-16-6-1-2-7-17(16)15-26-12-5-11-24-26/h1-13H,14-15H2,(H,23,28)/b10-9+. The number of amides is 1. The van der Waals surface area contributed by atoms with Crippen molar-refractivity contribution in [1.29, 1.82) is 0 Å². The first-order valence-electron chi connectivity index (χ1n) is 8.83. The van der Waals surface area contributed by atoms with E-state index in [1.807, 2.05) is 70.0 Å². The number of fused-ring (bicyclic) bond motifs is 1. The Kier molecular flexibility index (Phi) is 5.21. The van der Waals surface area contributed by atoms with Crippen molar-refractivity contribution < 1.29 is 4.79 Å². The summed E-state index contributed by atoms with van der Waals surface area (Å²) in [6.07, 6.45) is 8.67. The average Bonchev–Trinajstić information content (AvgIpc) is 3.32. The number of pyridine rings is 1. The fourth-order valence-corrected chi connectivity index (χ4v) is 3.22. The van der Waals surface area contributed by atoms with Gasteiger partial charge in [0.2, 0.25) is 5.91 Å². The minimum atomic E-state index is -0.198. The van der Waals surface area contributed by atoms with E-state index < -0.39 is 0 Å². The molecule has 0 atom stereocenters. The van der Waals surface area contributed by atoms with Crippen LogP contribution in [-0.4, -0.2) is 25.1 Å². The van der Waals surface area contributed by atoms with Gasteiger partial charge in [-0.15, -0.1) is 0 Å². The van der Waals surface area contributed by atoms with Crippen LogP contribution < -0.4 is 5.32 Å². The Balaban J connectivity index is 1.44. The predicted octanol–water partition coefficient (Wildman–Crippen LogP) is 3.56. The second kappa shape index (κ2) is 8.10. The molecule has 0 radical (unpaired) electrons. The number of aromatic nitrogens is 4. The lowest BCUT2D eigenvalue weighted by Gasteiger charge is -2.10. The summed E-state index contributed by atoms with van der Waals surface area (Å²) >= 11 is 6.19. The zero-order chi connectivity index (χ0) is 19.3. The van der Waals surface area contributed by atoms with Crippen LogP contribution in [0.3, 0.4) is 0 Å².